The zero-order valence-electron chi connectivity index (χ0n) is 10.8. The van der Waals surface area contributed by atoms with Crippen LogP contribution in [0, 0.1) is 0 Å². The highest BCUT2D eigenvalue weighted by Crippen LogP contribution is 2.31. The first-order chi connectivity index (χ1) is 10.0. The van der Waals surface area contributed by atoms with Crippen molar-refractivity contribution < 1.29 is 17.8 Å². The van der Waals surface area contributed by atoms with E-state index in [0.717, 1.165) is 0 Å². The predicted octanol–water partition coefficient (Wildman–Crippen LogP) is 1.60. The Labute approximate surface area is 125 Å². The van der Waals surface area contributed by atoms with E-state index >= 15 is 0 Å². The van der Waals surface area contributed by atoms with Gasteiger partial charge in [-0.3, -0.25) is 4.79 Å². The predicted molar refractivity (Wildman–Crippen MR) is 77.5 cm³/mol. The number of sulfonamides is 1. The lowest BCUT2D eigenvalue weighted by Gasteiger charge is -2.17. The van der Waals surface area contributed by atoms with Gasteiger partial charge >= 0.3 is 0 Å². The summed E-state index contributed by atoms with van der Waals surface area (Å²) in [5.41, 5.74) is 0.127. The van der Waals surface area contributed by atoms with E-state index in [9.17, 15) is 17.8 Å². The van der Waals surface area contributed by atoms with Crippen LogP contribution in [-0.2, 0) is 21.2 Å². The Balaban J connectivity index is 1.93. The average Bonchev–Trinajstić information content (AvgIpc) is 2.70. The third-order valence-electron chi connectivity index (χ3n) is 3.15. The van der Waals surface area contributed by atoms with Crippen LogP contribution in [0.25, 0.3) is 0 Å². The molecule has 0 bridgehead atoms. The van der Waals surface area contributed by atoms with Crippen LogP contribution in [0.2, 0.25) is 0 Å². The topological polar surface area (TPSA) is 77.5 Å². The van der Waals surface area contributed by atoms with Gasteiger partial charge in [0, 0.05) is 11.2 Å². The van der Waals surface area contributed by atoms with Gasteiger partial charge in [-0.1, -0.05) is 30.3 Å². The summed E-state index contributed by atoms with van der Waals surface area (Å²) in [7, 11) is -3.91. The molecule has 1 amide bonds. The number of carbonyl (C=O) groups is 1. The van der Waals surface area contributed by atoms with Gasteiger partial charge in [0.25, 0.3) is 15.9 Å². The number of benzene rings is 2. The molecule has 3 rings (SSSR count). The maximum atomic E-state index is 12.3. The summed E-state index contributed by atoms with van der Waals surface area (Å²) in [5, 5.41) is 0. The first kappa shape index (κ1) is 14.1. The molecule has 1 heterocycles. The molecule has 1 unspecified atom stereocenters. The van der Waals surface area contributed by atoms with Gasteiger partial charge in [-0.2, -0.15) is 4.31 Å². The lowest BCUT2D eigenvalue weighted by molar-refractivity contribution is 0.0885. The first-order valence-corrected chi connectivity index (χ1v) is 8.87. The summed E-state index contributed by atoms with van der Waals surface area (Å²) >= 11 is -1.60. The number of amides is 1. The minimum Gasteiger partial charge on any atom is -0.610 e. The van der Waals surface area contributed by atoms with Gasteiger partial charge in [-0.15, -0.1) is 0 Å². The van der Waals surface area contributed by atoms with E-state index < -0.39 is 27.1 Å². The summed E-state index contributed by atoms with van der Waals surface area (Å²) in [5.74, 6) is -1.00. The van der Waals surface area contributed by atoms with Gasteiger partial charge in [0.2, 0.25) is 5.88 Å². The third kappa shape index (κ3) is 2.33. The van der Waals surface area contributed by atoms with Crippen LogP contribution in [0.4, 0.5) is 0 Å². The van der Waals surface area contributed by atoms with Crippen molar-refractivity contribution in [1.29, 1.82) is 0 Å². The zero-order valence-corrected chi connectivity index (χ0v) is 12.4. The van der Waals surface area contributed by atoms with Crippen LogP contribution in [0.3, 0.4) is 0 Å². The molecule has 0 N–H and O–H groups in total. The molecular weight excluding hydrogens is 310 g/mol. The maximum Gasteiger partial charge on any atom is 0.272 e. The number of nitrogens with zero attached hydrogens (tertiary/aromatic N) is 1. The molecule has 0 aromatic heterocycles. The molecule has 0 aliphatic carbocycles. The monoisotopic (exact) mass is 321 g/mol. The van der Waals surface area contributed by atoms with Crippen molar-refractivity contribution in [3.63, 3.8) is 0 Å². The van der Waals surface area contributed by atoms with Crippen molar-refractivity contribution in [2.75, 3.05) is 5.88 Å². The fourth-order valence-corrected chi connectivity index (χ4v) is 5.13. The number of carbonyl (C=O) groups excluding carboxylic acids is 1. The Bertz CT molecular complexity index is 790. The van der Waals surface area contributed by atoms with E-state index in [0.29, 0.717) is 9.20 Å². The van der Waals surface area contributed by atoms with Crippen LogP contribution in [0.15, 0.2) is 64.4 Å². The highest BCUT2D eigenvalue weighted by molar-refractivity contribution is 7.94. The van der Waals surface area contributed by atoms with Gasteiger partial charge in [0.15, 0.2) is 4.90 Å². The summed E-state index contributed by atoms with van der Waals surface area (Å²) in [6.07, 6.45) is 0. The fraction of sp³-hybridized carbons (Fsp3) is 0.0714. The Morgan fingerprint density at radius 3 is 2.29 bits per heavy atom. The van der Waals surface area contributed by atoms with Crippen LogP contribution in [0.1, 0.15) is 10.4 Å². The quantitative estimate of drug-likeness (QED) is 0.805. The van der Waals surface area contributed by atoms with Crippen molar-refractivity contribution in [2.45, 2.75) is 9.79 Å². The maximum absolute atomic E-state index is 12.3. The molecule has 1 atom stereocenters. The van der Waals surface area contributed by atoms with E-state index in [1.807, 2.05) is 0 Å². The van der Waals surface area contributed by atoms with Gasteiger partial charge in [-0.05, 0) is 24.3 Å². The Kier molecular flexibility index (Phi) is 3.48. The normalized spacial score (nSPS) is 17.6. The molecule has 0 radical (unpaired) electrons. The first-order valence-electron chi connectivity index (χ1n) is 6.11. The molecule has 2 aromatic rings. The van der Waals surface area contributed by atoms with Gasteiger partial charge in [0.05, 0.1) is 5.56 Å². The van der Waals surface area contributed by atoms with E-state index in [1.54, 1.807) is 42.5 Å². The highest BCUT2D eigenvalue weighted by atomic mass is 32.2. The zero-order chi connectivity index (χ0) is 15.0. The molecule has 21 heavy (non-hydrogen) atoms. The molecule has 1 aliphatic rings. The summed E-state index contributed by atoms with van der Waals surface area (Å²) in [4.78, 5) is 12.6. The molecule has 0 fully saturated rings. The Hall–Kier alpha value is -1.83. The Morgan fingerprint density at radius 2 is 1.62 bits per heavy atom. The largest absolute Gasteiger partial charge is 0.610 e. The van der Waals surface area contributed by atoms with Crippen LogP contribution in [-0.4, -0.2) is 29.1 Å². The second kappa shape index (κ2) is 5.18. The number of hydrogen-bond acceptors (Lipinski definition) is 4. The van der Waals surface area contributed by atoms with Crippen molar-refractivity contribution in [3.8, 4) is 0 Å². The highest BCUT2D eigenvalue weighted by Gasteiger charge is 2.43. The number of rotatable bonds is 3. The van der Waals surface area contributed by atoms with Crippen molar-refractivity contribution in [1.82, 2.24) is 4.31 Å². The molecule has 0 saturated carbocycles. The fourth-order valence-electron chi connectivity index (χ4n) is 2.11. The number of hydrogen-bond donors (Lipinski definition) is 0. The number of fused-ring (bicyclic) bond motifs is 1. The van der Waals surface area contributed by atoms with Gasteiger partial charge < -0.3 is 4.55 Å². The minimum absolute atomic E-state index is 0.0277. The van der Waals surface area contributed by atoms with E-state index in [1.165, 1.54) is 12.1 Å². The van der Waals surface area contributed by atoms with Crippen molar-refractivity contribution >= 4 is 27.1 Å². The summed E-state index contributed by atoms with van der Waals surface area (Å²) in [6, 6.07) is 14.5. The standard InChI is InChI=1S/C14H11NO4S2/c16-14-12-8-4-5-9-13(12)21(18,19)15(14)10-20(17)11-6-2-1-3-7-11/h1-9H,10H2. The van der Waals surface area contributed by atoms with Crippen molar-refractivity contribution in [2.24, 2.45) is 0 Å². The molecular formula is C14H11NO4S2. The van der Waals surface area contributed by atoms with E-state index in [-0.39, 0.29) is 16.3 Å². The second-order valence-corrected chi connectivity index (χ2v) is 7.69. The summed E-state index contributed by atoms with van der Waals surface area (Å²) < 4.78 is 37.6. The van der Waals surface area contributed by atoms with Crippen LogP contribution >= 0.6 is 0 Å². The van der Waals surface area contributed by atoms with Crippen LogP contribution in [0.5, 0.6) is 0 Å². The lowest BCUT2D eigenvalue weighted by Crippen LogP contribution is -2.35. The molecule has 108 valence electrons. The molecule has 0 saturated heterocycles. The smallest absolute Gasteiger partial charge is 0.272 e. The third-order valence-corrected chi connectivity index (χ3v) is 6.39. The lowest BCUT2D eigenvalue weighted by atomic mass is 10.2. The SMILES string of the molecule is O=C1c2ccccc2S(=O)(=O)N1C[S+]([O-])c1ccccc1. The average molecular weight is 321 g/mol. The molecule has 1 aliphatic heterocycles. The Morgan fingerprint density at radius 1 is 1.00 bits per heavy atom. The molecule has 0 spiro atoms. The van der Waals surface area contributed by atoms with Crippen LogP contribution < -0.4 is 0 Å². The minimum atomic E-state index is -3.91. The summed E-state index contributed by atoms with van der Waals surface area (Å²) in [6.45, 7) is 0. The van der Waals surface area contributed by atoms with E-state index in [2.05, 4.69) is 0 Å². The molecule has 5 nitrogen and oxygen atoms in total. The van der Waals surface area contributed by atoms with Crippen molar-refractivity contribution in [3.05, 3.63) is 60.2 Å². The van der Waals surface area contributed by atoms with Gasteiger partial charge in [0.1, 0.15) is 4.90 Å². The molecule has 7 heteroatoms. The second-order valence-electron chi connectivity index (χ2n) is 4.44. The van der Waals surface area contributed by atoms with Gasteiger partial charge in [-0.25, -0.2) is 8.42 Å². The molecule has 2 aromatic carbocycles. The van der Waals surface area contributed by atoms with E-state index in [4.69, 9.17) is 0 Å².